The number of aromatic nitrogens is 1. The Balaban J connectivity index is 1.83. The molecule has 1 fully saturated rings. The normalized spacial score (nSPS) is 14.8. The molecule has 0 bridgehead atoms. The van der Waals surface area contributed by atoms with Crippen molar-refractivity contribution in [1.29, 1.82) is 5.26 Å². The number of benzene rings is 2. The zero-order chi connectivity index (χ0) is 20.4. The van der Waals surface area contributed by atoms with Crippen molar-refractivity contribution in [2.75, 3.05) is 19.6 Å². The van der Waals surface area contributed by atoms with Crippen LogP contribution in [0.4, 0.5) is 0 Å². The molecule has 0 spiro atoms. The maximum atomic E-state index is 13.4. The van der Waals surface area contributed by atoms with Gasteiger partial charge in [-0.25, -0.2) is 0 Å². The van der Waals surface area contributed by atoms with Crippen LogP contribution in [-0.2, 0) is 6.42 Å². The standard InChI is InChI=1S/C25H27N3O/c1-3-19-9-12-23-22(15-19)25(24(29)17-27-13-5-4-6-14-27)18(2)28(23)21-10-7-20(16-26)8-11-21/h7-12,15H,3-6,13-14,17H2,1-2H3. The molecule has 3 aromatic rings. The number of nitrogens with zero attached hydrogens (tertiary/aromatic N) is 3. The second-order valence-electron chi connectivity index (χ2n) is 7.92. The number of aryl methyl sites for hydroxylation is 1. The molecule has 0 N–H and O–H groups in total. The smallest absolute Gasteiger partial charge is 0.179 e. The Kier molecular flexibility index (Phi) is 5.51. The fraction of sp³-hybridized carbons (Fsp3) is 0.360. The topological polar surface area (TPSA) is 49.0 Å². The summed E-state index contributed by atoms with van der Waals surface area (Å²) in [6.07, 6.45) is 4.57. The van der Waals surface area contributed by atoms with Crippen LogP contribution in [0.1, 0.15) is 53.4 Å². The van der Waals surface area contributed by atoms with E-state index >= 15 is 0 Å². The predicted molar refractivity (Wildman–Crippen MR) is 117 cm³/mol. The molecule has 2 aromatic carbocycles. The van der Waals surface area contributed by atoms with E-state index in [1.807, 2.05) is 31.2 Å². The van der Waals surface area contributed by atoms with E-state index in [0.29, 0.717) is 12.1 Å². The van der Waals surface area contributed by atoms with E-state index in [4.69, 9.17) is 5.26 Å². The minimum absolute atomic E-state index is 0.204. The van der Waals surface area contributed by atoms with Crippen molar-refractivity contribution in [2.24, 2.45) is 0 Å². The fourth-order valence-electron chi connectivity index (χ4n) is 4.46. The molecule has 0 atom stereocenters. The first kappa shape index (κ1) is 19.4. The molecule has 1 aliphatic heterocycles. The average Bonchev–Trinajstić information content (AvgIpc) is 3.05. The summed E-state index contributed by atoms with van der Waals surface area (Å²) < 4.78 is 2.15. The minimum atomic E-state index is 0.204. The Morgan fingerprint density at radius 3 is 2.45 bits per heavy atom. The van der Waals surface area contributed by atoms with Crippen LogP contribution in [0.15, 0.2) is 42.5 Å². The number of carbonyl (C=O) groups is 1. The van der Waals surface area contributed by atoms with Crippen LogP contribution in [0.2, 0.25) is 0 Å². The average molecular weight is 386 g/mol. The lowest BCUT2D eigenvalue weighted by atomic mass is 10.0. The van der Waals surface area contributed by atoms with Crippen LogP contribution in [0.25, 0.3) is 16.6 Å². The first-order valence-electron chi connectivity index (χ1n) is 10.5. The highest BCUT2D eigenvalue weighted by molar-refractivity contribution is 6.11. The maximum Gasteiger partial charge on any atom is 0.179 e. The number of ketones is 1. The summed E-state index contributed by atoms with van der Waals surface area (Å²) >= 11 is 0. The molecule has 4 nitrogen and oxygen atoms in total. The van der Waals surface area contributed by atoms with Gasteiger partial charge in [0.25, 0.3) is 0 Å². The van der Waals surface area contributed by atoms with Crippen molar-refractivity contribution in [3.8, 4) is 11.8 Å². The van der Waals surface area contributed by atoms with E-state index in [-0.39, 0.29) is 5.78 Å². The molecule has 1 saturated heterocycles. The predicted octanol–water partition coefficient (Wildman–Crippen LogP) is 5.04. The third kappa shape index (κ3) is 3.71. The molecule has 0 radical (unpaired) electrons. The fourth-order valence-corrected chi connectivity index (χ4v) is 4.46. The molecule has 4 heteroatoms. The minimum Gasteiger partial charge on any atom is -0.313 e. The number of fused-ring (bicyclic) bond motifs is 1. The summed E-state index contributed by atoms with van der Waals surface area (Å²) in [4.78, 5) is 15.7. The van der Waals surface area contributed by atoms with Gasteiger partial charge in [-0.1, -0.05) is 19.4 Å². The number of rotatable bonds is 5. The van der Waals surface area contributed by atoms with Crippen molar-refractivity contribution in [2.45, 2.75) is 39.5 Å². The Morgan fingerprint density at radius 2 is 1.79 bits per heavy atom. The Labute approximate surface area is 172 Å². The molecule has 1 aromatic heterocycles. The van der Waals surface area contributed by atoms with Gasteiger partial charge in [0.15, 0.2) is 5.78 Å². The SMILES string of the molecule is CCc1ccc2c(c1)c(C(=O)CN1CCCCC1)c(C)n2-c1ccc(C#N)cc1. The second kappa shape index (κ2) is 8.23. The molecule has 0 aliphatic carbocycles. The highest BCUT2D eigenvalue weighted by Crippen LogP contribution is 2.31. The van der Waals surface area contributed by atoms with Gasteiger partial charge in [-0.3, -0.25) is 9.69 Å². The van der Waals surface area contributed by atoms with Gasteiger partial charge in [-0.2, -0.15) is 5.26 Å². The summed E-state index contributed by atoms with van der Waals surface area (Å²) in [5, 5.41) is 10.1. The Hall–Kier alpha value is -2.90. The quantitative estimate of drug-likeness (QED) is 0.578. The van der Waals surface area contributed by atoms with Gasteiger partial charge >= 0.3 is 0 Å². The summed E-state index contributed by atoms with van der Waals surface area (Å²) in [5.41, 5.74) is 5.71. The van der Waals surface area contributed by atoms with Gasteiger partial charge in [0, 0.05) is 22.3 Å². The zero-order valence-corrected chi connectivity index (χ0v) is 17.2. The van der Waals surface area contributed by atoms with E-state index < -0.39 is 0 Å². The second-order valence-corrected chi connectivity index (χ2v) is 7.92. The van der Waals surface area contributed by atoms with Crippen LogP contribution in [0.5, 0.6) is 0 Å². The molecule has 148 valence electrons. The first-order valence-corrected chi connectivity index (χ1v) is 10.5. The van der Waals surface area contributed by atoms with Crippen LogP contribution >= 0.6 is 0 Å². The van der Waals surface area contributed by atoms with Gasteiger partial charge in [0.05, 0.1) is 23.7 Å². The van der Waals surface area contributed by atoms with E-state index in [2.05, 4.69) is 40.7 Å². The number of Topliss-reactive ketones (excluding diaryl/α,β-unsaturated/α-hetero) is 1. The largest absolute Gasteiger partial charge is 0.313 e. The van der Waals surface area contributed by atoms with E-state index in [0.717, 1.165) is 47.4 Å². The van der Waals surface area contributed by atoms with Crippen molar-refractivity contribution in [1.82, 2.24) is 9.47 Å². The highest BCUT2D eigenvalue weighted by Gasteiger charge is 2.23. The van der Waals surface area contributed by atoms with E-state index in [9.17, 15) is 4.79 Å². The summed E-state index contributed by atoms with van der Waals surface area (Å²) in [5.74, 6) is 0.204. The number of carbonyl (C=O) groups excluding carboxylic acids is 1. The van der Waals surface area contributed by atoms with Gasteiger partial charge in [-0.05, 0) is 81.2 Å². The van der Waals surface area contributed by atoms with Gasteiger partial charge < -0.3 is 4.57 Å². The van der Waals surface area contributed by atoms with E-state index in [1.165, 1.54) is 24.8 Å². The van der Waals surface area contributed by atoms with Gasteiger partial charge in [0.2, 0.25) is 0 Å². The molecule has 0 saturated carbocycles. The van der Waals surface area contributed by atoms with Crippen LogP contribution in [0.3, 0.4) is 0 Å². The number of likely N-dealkylation sites (tertiary alicyclic amines) is 1. The molecule has 4 rings (SSSR count). The summed E-state index contributed by atoms with van der Waals surface area (Å²) in [7, 11) is 0. The molecule has 29 heavy (non-hydrogen) atoms. The van der Waals surface area contributed by atoms with Crippen molar-refractivity contribution >= 4 is 16.7 Å². The molecule has 0 unspecified atom stereocenters. The maximum absolute atomic E-state index is 13.4. The lowest BCUT2D eigenvalue weighted by Crippen LogP contribution is -2.34. The third-order valence-corrected chi connectivity index (χ3v) is 6.03. The molecule has 0 amide bonds. The lowest BCUT2D eigenvalue weighted by molar-refractivity contribution is 0.0916. The number of piperidine rings is 1. The van der Waals surface area contributed by atoms with Crippen molar-refractivity contribution in [3.63, 3.8) is 0 Å². The number of hydrogen-bond acceptors (Lipinski definition) is 3. The van der Waals surface area contributed by atoms with Crippen LogP contribution in [0, 0.1) is 18.3 Å². The molecule has 1 aliphatic rings. The van der Waals surface area contributed by atoms with E-state index in [1.54, 1.807) is 0 Å². The Morgan fingerprint density at radius 1 is 1.07 bits per heavy atom. The van der Waals surface area contributed by atoms with Crippen LogP contribution < -0.4 is 0 Å². The molecule has 2 heterocycles. The molecular weight excluding hydrogens is 358 g/mol. The first-order chi connectivity index (χ1) is 14.1. The van der Waals surface area contributed by atoms with Gasteiger partial charge in [0.1, 0.15) is 0 Å². The summed E-state index contributed by atoms with van der Waals surface area (Å²) in [6.45, 7) is 6.69. The highest BCUT2D eigenvalue weighted by atomic mass is 16.1. The summed E-state index contributed by atoms with van der Waals surface area (Å²) in [6, 6.07) is 16.2. The van der Waals surface area contributed by atoms with Crippen LogP contribution in [-0.4, -0.2) is 34.9 Å². The van der Waals surface area contributed by atoms with Crippen molar-refractivity contribution < 1.29 is 4.79 Å². The van der Waals surface area contributed by atoms with Crippen molar-refractivity contribution in [3.05, 3.63) is 64.8 Å². The number of hydrogen-bond donors (Lipinski definition) is 0. The molecular formula is C25H27N3O. The number of nitriles is 1. The van der Waals surface area contributed by atoms with Gasteiger partial charge in [-0.15, -0.1) is 0 Å². The monoisotopic (exact) mass is 385 g/mol. The Bertz CT molecular complexity index is 1080. The third-order valence-electron chi connectivity index (χ3n) is 6.03. The lowest BCUT2D eigenvalue weighted by Gasteiger charge is -2.25. The zero-order valence-electron chi connectivity index (χ0n) is 17.2.